The molecule has 1 unspecified atom stereocenters. The topological polar surface area (TPSA) is 58.1 Å². The van der Waals surface area contributed by atoms with E-state index < -0.39 is 0 Å². The van der Waals surface area contributed by atoms with Crippen LogP contribution in [0.1, 0.15) is 55.7 Å². The third-order valence-electron chi connectivity index (χ3n) is 3.82. The zero-order valence-electron chi connectivity index (χ0n) is 14.7. The molecule has 1 atom stereocenters. The van der Waals surface area contributed by atoms with Gasteiger partial charge in [-0.2, -0.15) is 0 Å². The predicted octanol–water partition coefficient (Wildman–Crippen LogP) is 3.91. The average Bonchev–Trinajstić information content (AvgIpc) is 2.62. The minimum Gasteiger partial charge on any atom is -0.363 e. The van der Waals surface area contributed by atoms with Crippen molar-refractivity contribution in [1.82, 2.24) is 14.9 Å². The van der Waals surface area contributed by atoms with Gasteiger partial charge in [-0.3, -0.25) is 4.79 Å². The summed E-state index contributed by atoms with van der Waals surface area (Å²) >= 11 is 0. The molecule has 0 aliphatic carbocycles. The van der Waals surface area contributed by atoms with Crippen molar-refractivity contribution >= 4 is 11.7 Å². The molecule has 1 amide bonds. The number of nitrogens with one attached hydrogen (secondary N) is 1. The lowest BCUT2D eigenvalue weighted by Gasteiger charge is -2.21. The molecular weight excluding hydrogens is 300 g/mol. The molecule has 1 N–H and O–H groups in total. The van der Waals surface area contributed by atoms with Gasteiger partial charge < -0.3 is 10.2 Å². The van der Waals surface area contributed by atoms with Crippen LogP contribution >= 0.6 is 0 Å². The average molecular weight is 326 g/mol. The first-order valence-electron chi connectivity index (χ1n) is 8.58. The molecule has 0 radical (unpaired) electrons. The fourth-order valence-corrected chi connectivity index (χ4v) is 2.62. The standard InChI is InChI=1S/C19H26N4O/c1-4-11-23(12-5-2)19(24)17-13-18(21-14-20-17)22-15(3)16-9-7-6-8-10-16/h6-10,13-15H,4-5,11-12H2,1-3H3,(H,20,21,22). The summed E-state index contributed by atoms with van der Waals surface area (Å²) in [4.78, 5) is 22.9. The molecule has 0 bridgehead atoms. The molecule has 0 aliphatic heterocycles. The third-order valence-corrected chi connectivity index (χ3v) is 3.82. The first kappa shape index (κ1) is 17.9. The van der Waals surface area contributed by atoms with Crippen molar-refractivity contribution in [3.05, 3.63) is 54.0 Å². The second-order valence-electron chi connectivity index (χ2n) is 5.86. The number of carbonyl (C=O) groups is 1. The Hall–Kier alpha value is -2.43. The maximum atomic E-state index is 12.6. The van der Waals surface area contributed by atoms with Crippen LogP contribution in [0.2, 0.25) is 0 Å². The second kappa shape index (κ2) is 9.01. The highest BCUT2D eigenvalue weighted by molar-refractivity contribution is 5.92. The van der Waals surface area contributed by atoms with Crippen LogP contribution in [0.4, 0.5) is 5.82 Å². The Balaban J connectivity index is 2.11. The smallest absolute Gasteiger partial charge is 0.272 e. The Kier molecular flexibility index (Phi) is 6.73. The Bertz CT molecular complexity index is 639. The van der Waals surface area contributed by atoms with Crippen molar-refractivity contribution in [3.8, 4) is 0 Å². The van der Waals surface area contributed by atoms with Crippen LogP contribution in [0.15, 0.2) is 42.7 Å². The normalized spacial score (nSPS) is 11.8. The van der Waals surface area contributed by atoms with Crippen LogP contribution in [-0.4, -0.2) is 33.9 Å². The Labute approximate surface area is 144 Å². The van der Waals surface area contributed by atoms with Gasteiger partial charge in [-0.05, 0) is 25.3 Å². The van der Waals surface area contributed by atoms with Crippen molar-refractivity contribution in [1.29, 1.82) is 0 Å². The van der Waals surface area contributed by atoms with E-state index >= 15 is 0 Å². The number of aromatic nitrogens is 2. The summed E-state index contributed by atoms with van der Waals surface area (Å²) in [5, 5.41) is 3.33. The summed E-state index contributed by atoms with van der Waals surface area (Å²) in [6.07, 6.45) is 3.32. The fourth-order valence-electron chi connectivity index (χ4n) is 2.62. The SMILES string of the molecule is CCCN(CCC)C(=O)c1cc(NC(C)c2ccccc2)ncn1. The predicted molar refractivity (Wildman–Crippen MR) is 97.0 cm³/mol. The van der Waals surface area contributed by atoms with Gasteiger partial charge in [-0.25, -0.2) is 9.97 Å². The van der Waals surface area contributed by atoms with E-state index in [-0.39, 0.29) is 11.9 Å². The molecule has 2 rings (SSSR count). The minimum atomic E-state index is -0.0310. The van der Waals surface area contributed by atoms with Crippen LogP contribution in [0.25, 0.3) is 0 Å². The fraction of sp³-hybridized carbons (Fsp3) is 0.421. The van der Waals surface area contributed by atoms with Gasteiger partial charge in [-0.1, -0.05) is 44.2 Å². The Morgan fingerprint density at radius 2 is 1.79 bits per heavy atom. The molecule has 128 valence electrons. The number of nitrogens with zero attached hydrogens (tertiary/aromatic N) is 3. The second-order valence-corrected chi connectivity index (χ2v) is 5.86. The summed E-state index contributed by atoms with van der Waals surface area (Å²) < 4.78 is 0. The molecule has 1 heterocycles. The van der Waals surface area contributed by atoms with Gasteiger partial charge in [0.05, 0.1) is 0 Å². The van der Waals surface area contributed by atoms with Crippen molar-refractivity contribution in [2.75, 3.05) is 18.4 Å². The first-order valence-corrected chi connectivity index (χ1v) is 8.58. The summed E-state index contributed by atoms with van der Waals surface area (Å²) in [7, 11) is 0. The molecule has 1 aromatic heterocycles. The van der Waals surface area contributed by atoms with E-state index in [0.29, 0.717) is 11.5 Å². The summed E-state index contributed by atoms with van der Waals surface area (Å²) in [5.41, 5.74) is 1.61. The van der Waals surface area contributed by atoms with Gasteiger partial charge in [-0.15, -0.1) is 0 Å². The Morgan fingerprint density at radius 3 is 2.42 bits per heavy atom. The molecule has 0 fully saturated rings. The van der Waals surface area contributed by atoms with E-state index in [0.717, 1.165) is 25.9 Å². The summed E-state index contributed by atoms with van der Waals surface area (Å²) in [5.74, 6) is 0.633. The zero-order chi connectivity index (χ0) is 17.4. The molecular formula is C19H26N4O. The molecule has 0 saturated carbocycles. The maximum absolute atomic E-state index is 12.6. The lowest BCUT2D eigenvalue weighted by molar-refractivity contribution is 0.0749. The zero-order valence-corrected chi connectivity index (χ0v) is 14.7. The molecule has 0 spiro atoms. The Morgan fingerprint density at radius 1 is 1.12 bits per heavy atom. The summed E-state index contributed by atoms with van der Waals surface area (Å²) in [6.45, 7) is 7.72. The van der Waals surface area contributed by atoms with E-state index in [2.05, 4.69) is 48.2 Å². The number of anilines is 1. The van der Waals surface area contributed by atoms with Crippen LogP contribution in [-0.2, 0) is 0 Å². The largest absolute Gasteiger partial charge is 0.363 e. The van der Waals surface area contributed by atoms with E-state index in [9.17, 15) is 4.79 Å². The number of amides is 1. The van der Waals surface area contributed by atoms with Crippen LogP contribution in [0.3, 0.4) is 0 Å². The van der Waals surface area contributed by atoms with E-state index in [1.807, 2.05) is 23.1 Å². The van der Waals surface area contributed by atoms with E-state index in [4.69, 9.17) is 0 Å². The van der Waals surface area contributed by atoms with Gasteiger partial charge in [0, 0.05) is 25.2 Å². The minimum absolute atomic E-state index is 0.0310. The maximum Gasteiger partial charge on any atom is 0.272 e. The van der Waals surface area contributed by atoms with E-state index in [1.54, 1.807) is 6.07 Å². The number of hydrogen-bond donors (Lipinski definition) is 1. The molecule has 0 saturated heterocycles. The quantitative estimate of drug-likeness (QED) is 0.799. The van der Waals surface area contributed by atoms with Crippen LogP contribution in [0.5, 0.6) is 0 Å². The molecule has 24 heavy (non-hydrogen) atoms. The van der Waals surface area contributed by atoms with Gasteiger partial charge in [0.1, 0.15) is 17.8 Å². The lowest BCUT2D eigenvalue weighted by atomic mass is 10.1. The highest BCUT2D eigenvalue weighted by Gasteiger charge is 2.17. The summed E-state index contributed by atoms with van der Waals surface area (Å²) in [6, 6.07) is 12.0. The van der Waals surface area contributed by atoms with Crippen molar-refractivity contribution in [2.45, 2.75) is 39.7 Å². The van der Waals surface area contributed by atoms with Crippen LogP contribution < -0.4 is 5.32 Å². The highest BCUT2D eigenvalue weighted by atomic mass is 16.2. The van der Waals surface area contributed by atoms with Gasteiger partial charge in [0.15, 0.2) is 0 Å². The number of hydrogen-bond acceptors (Lipinski definition) is 4. The van der Waals surface area contributed by atoms with Gasteiger partial charge >= 0.3 is 0 Å². The number of rotatable bonds is 8. The molecule has 0 aliphatic rings. The lowest BCUT2D eigenvalue weighted by Crippen LogP contribution is -2.33. The van der Waals surface area contributed by atoms with Crippen molar-refractivity contribution < 1.29 is 4.79 Å². The molecule has 5 nitrogen and oxygen atoms in total. The number of carbonyl (C=O) groups excluding carboxylic acids is 1. The first-order chi connectivity index (χ1) is 11.7. The number of benzene rings is 1. The molecule has 5 heteroatoms. The van der Waals surface area contributed by atoms with Gasteiger partial charge in [0.2, 0.25) is 0 Å². The van der Waals surface area contributed by atoms with Crippen molar-refractivity contribution in [3.63, 3.8) is 0 Å². The highest BCUT2D eigenvalue weighted by Crippen LogP contribution is 2.18. The third kappa shape index (κ3) is 4.78. The molecule has 2 aromatic rings. The van der Waals surface area contributed by atoms with Gasteiger partial charge in [0.25, 0.3) is 5.91 Å². The molecule has 1 aromatic carbocycles. The van der Waals surface area contributed by atoms with Crippen molar-refractivity contribution in [2.24, 2.45) is 0 Å². The van der Waals surface area contributed by atoms with E-state index in [1.165, 1.54) is 11.9 Å². The monoisotopic (exact) mass is 326 g/mol. The van der Waals surface area contributed by atoms with Crippen LogP contribution in [0, 0.1) is 0 Å².